The van der Waals surface area contributed by atoms with E-state index in [0.29, 0.717) is 12.2 Å². The van der Waals surface area contributed by atoms with Crippen molar-refractivity contribution in [2.24, 2.45) is 5.92 Å². The molecule has 1 unspecified atom stereocenters. The Morgan fingerprint density at radius 3 is 3.00 bits per heavy atom. The summed E-state index contributed by atoms with van der Waals surface area (Å²) in [5.74, 6) is -0.335. The monoisotopic (exact) mass is 178 g/mol. The molecule has 13 heavy (non-hydrogen) atoms. The van der Waals surface area contributed by atoms with Crippen molar-refractivity contribution in [3.8, 4) is 6.07 Å². The van der Waals surface area contributed by atoms with Crippen LogP contribution in [0.15, 0.2) is 24.3 Å². The van der Waals surface area contributed by atoms with Crippen molar-refractivity contribution < 1.29 is 4.39 Å². The molecule has 0 saturated carbocycles. The zero-order valence-corrected chi connectivity index (χ0v) is 7.42. The van der Waals surface area contributed by atoms with Gasteiger partial charge in [0.05, 0.1) is 12.0 Å². The molecule has 1 aromatic carbocycles. The van der Waals surface area contributed by atoms with Crippen LogP contribution in [0.25, 0.3) is 0 Å². The maximum absolute atomic E-state index is 12.7. The third kappa shape index (κ3) is 3.12. The minimum absolute atomic E-state index is 0.0664. The second kappa shape index (κ2) is 4.46. The summed E-state index contributed by atoms with van der Waals surface area (Å²) < 4.78 is 12.7. The van der Waals surface area contributed by atoms with Crippen molar-refractivity contribution in [2.75, 3.05) is 11.9 Å². The highest BCUT2D eigenvalue weighted by Crippen LogP contribution is 2.09. The molecule has 0 aliphatic carbocycles. The van der Waals surface area contributed by atoms with Gasteiger partial charge in [-0.1, -0.05) is 6.07 Å². The van der Waals surface area contributed by atoms with E-state index in [4.69, 9.17) is 5.26 Å². The van der Waals surface area contributed by atoms with Crippen LogP contribution in [-0.4, -0.2) is 6.54 Å². The largest absolute Gasteiger partial charge is 0.384 e. The fraction of sp³-hybridized carbons (Fsp3) is 0.300. The molecule has 0 amide bonds. The zero-order valence-electron chi connectivity index (χ0n) is 7.42. The lowest BCUT2D eigenvalue weighted by atomic mass is 10.2. The summed E-state index contributed by atoms with van der Waals surface area (Å²) in [6, 6.07) is 8.29. The number of hydrogen-bond acceptors (Lipinski definition) is 2. The number of anilines is 1. The van der Waals surface area contributed by atoms with Crippen molar-refractivity contribution >= 4 is 5.69 Å². The predicted molar refractivity (Wildman–Crippen MR) is 49.7 cm³/mol. The molecule has 1 aromatic rings. The van der Waals surface area contributed by atoms with E-state index in [9.17, 15) is 4.39 Å². The topological polar surface area (TPSA) is 35.8 Å². The summed E-state index contributed by atoms with van der Waals surface area (Å²) >= 11 is 0. The van der Waals surface area contributed by atoms with E-state index in [-0.39, 0.29) is 11.7 Å². The highest BCUT2D eigenvalue weighted by Gasteiger charge is 1.99. The van der Waals surface area contributed by atoms with Crippen molar-refractivity contribution in [3.05, 3.63) is 30.1 Å². The van der Waals surface area contributed by atoms with Gasteiger partial charge in [0.25, 0.3) is 0 Å². The highest BCUT2D eigenvalue weighted by atomic mass is 19.1. The van der Waals surface area contributed by atoms with Crippen molar-refractivity contribution in [1.29, 1.82) is 5.26 Å². The average molecular weight is 178 g/mol. The van der Waals surface area contributed by atoms with Gasteiger partial charge in [-0.2, -0.15) is 5.26 Å². The van der Waals surface area contributed by atoms with Gasteiger partial charge in [-0.3, -0.25) is 0 Å². The van der Waals surface area contributed by atoms with E-state index in [0.717, 1.165) is 0 Å². The van der Waals surface area contributed by atoms with Gasteiger partial charge in [0.1, 0.15) is 5.82 Å². The molecule has 0 spiro atoms. The lowest BCUT2D eigenvalue weighted by molar-refractivity contribution is 0.628. The fourth-order valence-corrected chi connectivity index (χ4v) is 0.915. The Morgan fingerprint density at radius 2 is 2.38 bits per heavy atom. The summed E-state index contributed by atoms with van der Waals surface area (Å²) in [5.41, 5.74) is 0.710. The SMILES string of the molecule is CC(C#N)CNc1cccc(F)c1. The maximum Gasteiger partial charge on any atom is 0.125 e. The zero-order chi connectivity index (χ0) is 9.68. The smallest absolute Gasteiger partial charge is 0.125 e. The molecule has 0 aromatic heterocycles. The third-order valence-corrected chi connectivity index (χ3v) is 1.66. The number of nitrogens with one attached hydrogen (secondary N) is 1. The first kappa shape index (κ1) is 9.53. The number of hydrogen-bond donors (Lipinski definition) is 1. The quantitative estimate of drug-likeness (QED) is 0.771. The molecule has 3 heteroatoms. The molecular weight excluding hydrogens is 167 g/mol. The molecule has 1 rings (SSSR count). The van der Waals surface area contributed by atoms with Crippen LogP contribution in [0, 0.1) is 23.1 Å². The summed E-state index contributed by atoms with van der Waals surface area (Å²) in [4.78, 5) is 0. The summed E-state index contributed by atoms with van der Waals surface area (Å²) in [5, 5.41) is 11.5. The van der Waals surface area contributed by atoms with E-state index in [2.05, 4.69) is 11.4 Å². The number of halogens is 1. The van der Waals surface area contributed by atoms with Gasteiger partial charge < -0.3 is 5.32 Å². The second-order valence-electron chi connectivity index (χ2n) is 2.92. The molecule has 68 valence electrons. The standard InChI is InChI=1S/C10H11FN2/c1-8(6-12)7-13-10-4-2-3-9(11)5-10/h2-5,8,13H,7H2,1H3. The van der Waals surface area contributed by atoms with Gasteiger partial charge >= 0.3 is 0 Å². The van der Waals surface area contributed by atoms with Gasteiger partial charge in [0, 0.05) is 12.2 Å². The number of benzene rings is 1. The van der Waals surface area contributed by atoms with Crippen LogP contribution in [0.2, 0.25) is 0 Å². The molecule has 1 atom stereocenters. The van der Waals surface area contributed by atoms with Crippen molar-refractivity contribution in [3.63, 3.8) is 0 Å². The lowest BCUT2D eigenvalue weighted by Gasteiger charge is -2.06. The number of nitrogens with zero attached hydrogens (tertiary/aromatic N) is 1. The van der Waals surface area contributed by atoms with Crippen LogP contribution in [-0.2, 0) is 0 Å². The van der Waals surface area contributed by atoms with Crippen LogP contribution in [0.5, 0.6) is 0 Å². The average Bonchev–Trinajstić information content (AvgIpc) is 2.14. The Morgan fingerprint density at radius 1 is 1.62 bits per heavy atom. The van der Waals surface area contributed by atoms with Gasteiger partial charge in [-0.05, 0) is 25.1 Å². The number of nitriles is 1. The first-order chi connectivity index (χ1) is 6.22. The van der Waals surface area contributed by atoms with Gasteiger partial charge in [0.15, 0.2) is 0 Å². The predicted octanol–water partition coefficient (Wildman–Crippen LogP) is 2.40. The van der Waals surface area contributed by atoms with E-state index in [1.165, 1.54) is 12.1 Å². The Bertz CT molecular complexity index is 317. The molecule has 0 bridgehead atoms. The molecule has 0 aliphatic heterocycles. The van der Waals surface area contributed by atoms with Crippen LogP contribution in [0.1, 0.15) is 6.92 Å². The van der Waals surface area contributed by atoms with Crippen LogP contribution >= 0.6 is 0 Å². The molecule has 0 aliphatic rings. The van der Waals surface area contributed by atoms with E-state index in [1.54, 1.807) is 12.1 Å². The first-order valence-electron chi connectivity index (χ1n) is 4.11. The Kier molecular flexibility index (Phi) is 3.27. The minimum Gasteiger partial charge on any atom is -0.384 e. The molecule has 0 radical (unpaired) electrons. The molecule has 0 fully saturated rings. The number of rotatable bonds is 3. The van der Waals surface area contributed by atoms with E-state index in [1.807, 2.05) is 6.92 Å². The van der Waals surface area contributed by atoms with Crippen molar-refractivity contribution in [2.45, 2.75) is 6.92 Å². The summed E-state index contributed by atoms with van der Waals surface area (Å²) in [6.45, 7) is 2.35. The third-order valence-electron chi connectivity index (χ3n) is 1.66. The van der Waals surface area contributed by atoms with Gasteiger partial charge in [0.2, 0.25) is 0 Å². The summed E-state index contributed by atoms with van der Waals surface area (Å²) in [7, 11) is 0. The summed E-state index contributed by atoms with van der Waals surface area (Å²) in [6.07, 6.45) is 0. The molecule has 2 nitrogen and oxygen atoms in total. The molecule has 1 N–H and O–H groups in total. The van der Waals surface area contributed by atoms with Crippen molar-refractivity contribution in [1.82, 2.24) is 0 Å². The molecule has 0 heterocycles. The van der Waals surface area contributed by atoms with Crippen LogP contribution in [0.4, 0.5) is 10.1 Å². The van der Waals surface area contributed by atoms with E-state index < -0.39 is 0 Å². The Hall–Kier alpha value is -1.56. The molecule has 0 saturated heterocycles. The second-order valence-corrected chi connectivity index (χ2v) is 2.92. The lowest BCUT2D eigenvalue weighted by Crippen LogP contribution is -2.09. The first-order valence-corrected chi connectivity index (χ1v) is 4.11. The van der Waals surface area contributed by atoms with Crippen LogP contribution in [0.3, 0.4) is 0 Å². The Balaban J connectivity index is 2.51. The highest BCUT2D eigenvalue weighted by molar-refractivity contribution is 5.43. The van der Waals surface area contributed by atoms with Gasteiger partial charge in [-0.15, -0.1) is 0 Å². The molecular formula is C10H11FN2. The minimum atomic E-state index is -0.269. The van der Waals surface area contributed by atoms with Crippen LogP contribution < -0.4 is 5.32 Å². The maximum atomic E-state index is 12.7. The Labute approximate surface area is 77.0 Å². The van der Waals surface area contributed by atoms with E-state index >= 15 is 0 Å². The normalized spacial score (nSPS) is 11.8. The van der Waals surface area contributed by atoms with Gasteiger partial charge in [-0.25, -0.2) is 4.39 Å². The fourth-order valence-electron chi connectivity index (χ4n) is 0.915.